The van der Waals surface area contributed by atoms with Crippen molar-refractivity contribution in [2.75, 3.05) is 26.7 Å². The molecule has 10 nitrogen and oxygen atoms in total. The summed E-state index contributed by atoms with van der Waals surface area (Å²) in [6.07, 6.45) is 3.66. The fraction of sp³-hybridized carbons (Fsp3) is 0.588. The van der Waals surface area contributed by atoms with Crippen molar-refractivity contribution in [1.82, 2.24) is 14.7 Å². The molecule has 3 fully saturated rings. The number of benzene rings is 1. The highest BCUT2D eigenvalue weighted by Gasteiger charge is 2.75. The largest absolute Gasteiger partial charge is 0.455 e. The van der Waals surface area contributed by atoms with Gasteiger partial charge in [-0.1, -0.05) is 42.5 Å². The number of likely N-dealkylation sites (N-methyl/N-ethyl adjacent to an activating group) is 1. The molecule has 240 valence electrons. The first-order valence-electron chi connectivity index (χ1n) is 15.5. The SMILES string of the molecule is C=CCCC(=O)N(C)[C@@H](C)[C@@H](OC(=O)[C@@H]1[C@H]2C(=O)N(CCO)[C@H](C(=O)N(CC=C)C(C)(C)C)[C@]23CC[C@H]1O3)c1ccccc1. The Morgan fingerprint density at radius 1 is 1.20 bits per heavy atom. The molecule has 0 saturated carbocycles. The predicted molar refractivity (Wildman–Crippen MR) is 165 cm³/mol. The number of amides is 3. The van der Waals surface area contributed by atoms with Gasteiger partial charge in [-0.2, -0.15) is 0 Å². The van der Waals surface area contributed by atoms with E-state index in [-0.39, 0.29) is 37.9 Å². The lowest BCUT2D eigenvalue weighted by Crippen LogP contribution is -2.60. The van der Waals surface area contributed by atoms with Crippen LogP contribution < -0.4 is 0 Å². The van der Waals surface area contributed by atoms with Gasteiger partial charge in [0.25, 0.3) is 0 Å². The molecule has 10 heteroatoms. The highest BCUT2D eigenvalue weighted by Crippen LogP contribution is 2.59. The van der Waals surface area contributed by atoms with Crippen LogP contribution in [0.25, 0.3) is 0 Å². The van der Waals surface area contributed by atoms with Gasteiger partial charge in [-0.15, -0.1) is 13.2 Å². The Hall–Kier alpha value is -3.50. The molecule has 4 rings (SSSR count). The molecule has 3 amide bonds. The van der Waals surface area contributed by atoms with Crippen LogP contribution in [0.5, 0.6) is 0 Å². The second-order valence-corrected chi connectivity index (χ2v) is 13.1. The third-order valence-electron chi connectivity index (χ3n) is 9.41. The molecule has 1 aromatic rings. The first kappa shape index (κ1) is 33.4. The Labute approximate surface area is 260 Å². The van der Waals surface area contributed by atoms with Crippen LogP contribution in [0.4, 0.5) is 0 Å². The fourth-order valence-electron chi connectivity index (χ4n) is 7.14. The van der Waals surface area contributed by atoms with Crippen LogP contribution in [-0.4, -0.2) is 99.6 Å². The molecule has 3 aliphatic rings. The predicted octanol–water partition coefficient (Wildman–Crippen LogP) is 3.26. The lowest BCUT2D eigenvalue weighted by atomic mass is 9.70. The summed E-state index contributed by atoms with van der Waals surface area (Å²) in [6, 6.07) is 7.72. The summed E-state index contributed by atoms with van der Waals surface area (Å²) in [4.78, 5) is 60.0. The molecule has 7 atom stereocenters. The zero-order valence-electron chi connectivity index (χ0n) is 26.6. The van der Waals surface area contributed by atoms with Crippen LogP contribution in [0.1, 0.15) is 65.0 Å². The van der Waals surface area contributed by atoms with Crippen LogP contribution in [-0.2, 0) is 28.7 Å². The van der Waals surface area contributed by atoms with Crippen LogP contribution in [0.3, 0.4) is 0 Å². The van der Waals surface area contributed by atoms with Crippen LogP contribution >= 0.6 is 0 Å². The highest BCUT2D eigenvalue weighted by molar-refractivity contribution is 5.98. The van der Waals surface area contributed by atoms with Crippen molar-refractivity contribution in [3.8, 4) is 0 Å². The number of fused-ring (bicyclic) bond motifs is 1. The lowest BCUT2D eigenvalue weighted by molar-refractivity contribution is -0.165. The van der Waals surface area contributed by atoms with Gasteiger partial charge in [-0.3, -0.25) is 19.2 Å². The number of aliphatic hydroxyl groups excluding tert-OH is 1. The Kier molecular flexibility index (Phi) is 10.0. The minimum Gasteiger partial charge on any atom is -0.455 e. The molecule has 2 bridgehead atoms. The monoisotopic (exact) mass is 609 g/mol. The van der Waals surface area contributed by atoms with Gasteiger partial charge in [-0.05, 0) is 52.5 Å². The zero-order valence-corrected chi connectivity index (χ0v) is 26.6. The minimum absolute atomic E-state index is 0.0589. The molecular weight excluding hydrogens is 562 g/mol. The lowest BCUT2D eigenvalue weighted by Gasteiger charge is -2.41. The number of hydrogen-bond acceptors (Lipinski definition) is 7. The van der Waals surface area contributed by atoms with E-state index in [2.05, 4.69) is 13.2 Å². The van der Waals surface area contributed by atoms with Crippen LogP contribution in [0.15, 0.2) is 55.6 Å². The number of likely N-dealkylation sites (tertiary alicyclic amines) is 1. The van der Waals surface area contributed by atoms with E-state index < -0.39 is 59.1 Å². The van der Waals surface area contributed by atoms with Gasteiger partial charge in [0.05, 0.1) is 30.6 Å². The number of carbonyl (C=O) groups excluding carboxylic acids is 4. The smallest absolute Gasteiger partial charge is 0.313 e. The van der Waals surface area contributed by atoms with Gasteiger partial charge in [0.15, 0.2) is 0 Å². The van der Waals surface area contributed by atoms with E-state index in [1.807, 2.05) is 58.0 Å². The molecular formula is C34H47N3O7. The number of aliphatic hydroxyl groups is 1. The Balaban J connectivity index is 1.67. The molecule has 1 aromatic carbocycles. The van der Waals surface area contributed by atoms with Gasteiger partial charge in [0.1, 0.15) is 17.7 Å². The van der Waals surface area contributed by atoms with Crippen molar-refractivity contribution in [2.45, 2.75) is 88.8 Å². The van der Waals surface area contributed by atoms with E-state index in [1.165, 1.54) is 4.90 Å². The highest BCUT2D eigenvalue weighted by atomic mass is 16.6. The molecule has 0 unspecified atom stereocenters. The third kappa shape index (κ3) is 5.94. The quantitative estimate of drug-likeness (QED) is 0.270. The van der Waals surface area contributed by atoms with Gasteiger partial charge in [0, 0.05) is 32.1 Å². The molecule has 3 saturated heterocycles. The number of carbonyl (C=O) groups is 4. The number of esters is 1. The number of nitrogens with zero attached hydrogens (tertiary/aromatic N) is 3. The molecule has 44 heavy (non-hydrogen) atoms. The maximum atomic E-state index is 14.2. The Morgan fingerprint density at radius 3 is 2.48 bits per heavy atom. The molecule has 1 spiro atoms. The van der Waals surface area contributed by atoms with E-state index in [0.29, 0.717) is 24.8 Å². The molecule has 3 aliphatic heterocycles. The van der Waals surface area contributed by atoms with E-state index >= 15 is 0 Å². The average Bonchev–Trinajstić information content (AvgIpc) is 3.63. The Bertz CT molecular complexity index is 1260. The standard InChI is InChI=1S/C34H47N3O7/c1-8-10-16-25(39)35(7)22(3)28(23-14-12-11-13-15-23)43-32(42)26-24-17-18-34(44-24)27(26)30(40)36(20-21-38)29(34)31(41)37(19-9-2)33(4,5)6/h8-9,11-15,22,24,26-29,38H,1-2,10,16-21H2,3-7H3/t22-,24+,26-,27-,28+,29+,34-/m0/s1. The van der Waals surface area contributed by atoms with Gasteiger partial charge >= 0.3 is 5.97 Å². The van der Waals surface area contributed by atoms with Crippen LogP contribution in [0, 0.1) is 11.8 Å². The molecule has 1 N–H and O–H groups in total. The summed E-state index contributed by atoms with van der Waals surface area (Å²) in [7, 11) is 1.68. The van der Waals surface area contributed by atoms with Crippen molar-refractivity contribution in [3.63, 3.8) is 0 Å². The molecule has 0 aromatic heterocycles. The van der Waals surface area contributed by atoms with Crippen molar-refractivity contribution in [2.24, 2.45) is 11.8 Å². The fourth-order valence-corrected chi connectivity index (χ4v) is 7.14. The zero-order chi connectivity index (χ0) is 32.4. The van der Waals surface area contributed by atoms with Gasteiger partial charge in [0.2, 0.25) is 17.7 Å². The van der Waals surface area contributed by atoms with Gasteiger partial charge < -0.3 is 29.3 Å². The summed E-state index contributed by atoms with van der Waals surface area (Å²) in [5.74, 6) is -3.26. The average molecular weight is 610 g/mol. The summed E-state index contributed by atoms with van der Waals surface area (Å²) in [6.45, 7) is 14.9. The molecule has 0 aliphatic carbocycles. The number of allylic oxidation sites excluding steroid dienone is 1. The van der Waals surface area contributed by atoms with Crippen molar-refractivity contribution < 1.29 is 33.8 Å². The summed E-state index contributed by atoms with van der Waals surface area (Å²) in [5.41, 5.74) is -1.07. The van der Waals surface area contributed by atoms with E-state index in [1.54, 1.807) is 29.0 Å². The van der Waals surface area contributed by atoms with Gasteiger partial charge in [-0.25, -0.2) is 0 Å². The van der Waals surface area contributed by atoms with E-state index in [9.17, 15) is 24.3 Å². The number of β-amino-alcohol motifs (C(OH)–C–C–N with tert-alkyl or cyclic N) is 1. The number of ether oxygens (including phenoxy) is 2. The van der Waals surface area contributed by atoms with E-state index in [4.69, 9.17) is 9.47 Å². The topological polar surface area (TPSA) is 117 Å². The summed E-state index contributed by atoms with van der Waals surface area (Å²) < 4.78 is 12.8. The first-order chi connectivity index (χ1) is 20.8. The minimum atomic E-state index is -1.21. The van der Waals surface area contributed by atoms with Crippen molar-refractivity contribution in [1.29, 1.82) is 0 Å². The maximum Gasteiger partial charge on any atom is 0.313 e. The summed E-state index contributed by atoms with van der Waals surface area (Å²) in [5, 5.41) is 9.90. The second kappa shape index (κ2) is 13.2. The van der Waals surface area contributed by atoms with Crippen molar-refractivity contribution >= 4 is 23.7 Å². The number of hydrogen-bond donors (Lipinski definition) is 1. The maximum absolute atomic E-state index is 14.2. The van der Waals surface area contributed by atoms with Crippen molar-refractivity contribution in [3.05, 3.63) is 61.2 Å². The third-order valence-corrected chi connectivity index (χ3v) is 9.41. The first-order valence-corrected chi connectivity index (χ1v) is 15.5. The number of rotatable bonds is 13. The van der Waals surface area contributed by atoms with E-state index in [0.717, 1.165) is 0 Å². The normalized spacial score (nSPS) is 27.0. The summed E-state index contributed by atoms with van der Waals surface area (Å²) >= 11 is 0. The molecule has 3 heterocycles. The second-order valence-electron chi connectivity index (χ2n) is 13.1. The Morgan fingerprint density at radius 2 is 1.89 bits per heavy atom. The van der Waals surface area contributed by atoms with Crippen LogP contribution in [0.2, 0.25) is 0 Å². The molecule has 0 radical (unpaired) electrons.